The molecule has 0 aromatic carbocycles. The predicted octanol–water partition coefficient (Wildman–Crippen LogP) is 3.65. The number of amides is 1. The number of aromatic nitrogens is 3. The van der Waals surface area contributed by atoms with Crippen molar-refractivity contribution in [3.63, 3.8) is 0 Å². The van der Waals surface area contributed by atoms with Crippen LogP contribution in [0, 0.1) is 23.2 Å². The second-order valence-corrected chi connectivity index (χ2v) is 9.66. The van der Waals surface area contributed by atoms with E-state index in [1.54, 1.807) is 0 Å². The number of hydrogen-bond donors (Lipinski definition) is 1. The molecule has 1 aromatic heterocycles. The standard InChI is InChI=1S/C18H25F3N4OS/c1-10(17-6-11-3-12(7-17)5-13(4-11)8-17)22-14(26)9-27-16-24-23-15(25(16)2)18(19,20)21/h10-13H,3-9H2,1-2H3,(H,22,26). The fraction of sp³-hybridized carbons (Fsp3) is 0.833. The topological polar surface area (TPSA) is 59.8 Å². The number of halogens is 3. The highest BCUT2D eigenvalue weighted by Gasteiger charge is 2.53. The molecule has 1 atom stereocenters. The summed E-state index contributed by atoms with van der Waals surface area (Å²) in [6, 6.07) is 0.101. The van der Waals surface area contributed by atoms with Gasteiger partial charge in [-0.25, -0.2) is 0 Å². The van der Waals surface area contributed by atoms with Crippen LogP contribution in [0.1, 0.15) is 51.3 Å². The van der Waals surface area contributed by atoms with Crippen LogP contribution < -0.4 is 5.32 Å². The van der Waals surface area contributed by atoms with Crippen molar-refractivity contribution in [3.05, 3.63) is 5.82 Å². The Morgan fingerprint density at radius 2 is 1.78 bits per heavy atom. The van der Waals surface area contributed by atoms with Gasteiger partial charge in [0.25, 0.3) is 0 Å². The molecule has 1 heterocycles. The SMILES string of the molecule is CC(NC(=O)CSc1nnc(C(F)(F)F)n1C)C12CC3CC(CC(C3)C1)C2. The van der Waals surface area contributed by atoms with Crippen LogP contribution in [0.25, 0.3) is 0 Å². The van der Waals surface area contributed by atoms with E-state index in [0.29, 0.717) is 0 Å². The first-order valence-electron chi connectivity index (χ1n) is 9.55. The van der Waals surface area contributed by atoms with E-state index in [1.165, 1.54) is 45.6 Å². The lowest BCUT2D eigenvalue weighted by Gasteiger charge is -2.59. The number of hydrogen-bond acceptors (Lipinski definition) is 4. The maximum absolute atomic E-state index is 12.8. The summed E-state index contributed by atoms with van der Waals surface area (Å²) in [5, 5.41) is 9.97. The van der Waals surface area contributed by atoms with E-state index in [-0.39, 0.29) is 28.3 Å². The molecule has 5 nitrogen and oxygen atoms in total. The minimum Gasteiger partial charge on any atom is -0.352 e. The Balaban J connectivity index is 1.34. The predicted molar refractivity (Wildman–Crippen MR) is 94.9 cm³/mol. The third-order valence-electron chi connectivity index (χ3n) is 6.80. The fourth-order valence-corrected chi connectivity index (χ4v) is 6.68. The molecule has 0 aliphatic heterocycles. The smallest absolute Gasteiger partial charge is 0.352 e. The number of nitrogens with one attached hydrogen (secondary N) is 1. The first-order chi connectivity index (χ1) is 12.7. The van der Waals surface area contributed by atoms with E-state index in [0.717, 1.165) is 34.1 Å². The Bertz CT molecular complexity index is 697. The van der Waals surface area contributed by atoms with E-state index < -0.39 is 12.0 Å². The number of thioether (sulfide) groups is 1. The summed E-state index contributed by atoms with van der Waals surface area (Å²) in [6.45, 7) is 2.10. The molecule has 1 amide bonds. The summed E-state index contributed by atoms with van der Waals surface area (Å²) in [6.07, 6.45) is 3.11. The van der Waals surface area contributed by atoms with Gasteiger partial charge in [-0.05, 0) is 68.6 Å². The van der Waals surface area contributed by atoms with Crippen LogP contribution >= 0.6 is 11.8 Å². The minimum absolute atomic E-state index is 0.0422. The lowest BCUT2D eigenvalue weighted by Crippen LogP contribution is -2.56. The third-order valence-corrected chi connectivity index (χ3v) is 7.82. The molecular weight excluding hydrogens is 377 g/mol. The van der Waals surface area contributed by atoms with Gasteiger partial charge in [-0.1, -0.05) is 11.8 Å². The van der Waals surface area contributed by atoms with E-state index >= 15 is 0 Å². The monoisotopic (exact) mass is 402 g/mol. The molecule has 4 bridgehead atoms. The van der Waals surface area contributed by atoms with Crippen molar-refractivity contribution < 1.29 is 18.0 Å². The Morgan fingerprint density at radius 3 is 2.26 bits per heavy atom. The first-order valence-corrected chi connectivity index (χ1v) is 10.5. The zero-order chi connectivity index (χ0) is 19.4. The summed E-state index contributed by atoms with van der Waals surface area (Å²) in [5.41, 5.74) is 0.212. The third kappa shape index (κ3) is 3.59. The Hall–Kier alpha value is -1.25. The highest BCUT2D eigenvalue weighted by Crippen LogP contribution is 2.61. The van der Waals surface area contributed by atoms with Gasteiger partial charge in [-0.2, -0.15) is 13.2 Å². The summed E-state index contributed by atoms with van der Waals surface area (Å²) in [4.78, 5) is 12.4. The summed E-state index contributed by atoms with van der Waals surface area (Å²) < 4.78 is 39.2. The van der Waals surface area contributed by atoms with Gasteiger partial charge < -0.3 is 9.88 Å². The Morgan fingerprint density at radius 1 is 1.22 bits per heavy atom. The molecule has 27 heavy (non-hydrogen) atoms. The number of carbonyl (C=O) groups excluding carboxylic acids is 1. The van der Waals surface area contributed by atoms with Gasteiger partial charge in [0, 0.05) is 13.1 Å². The van der Waals surface area contributed by atoms with Crippen molar-refractivity contribution in [1.82, 2.24) is 20.1 Å². The molecule has 0 spiro atoms. The van der Waals surface area contributed by atoms with Crippen LogP contribution in [0.4, 0.5) is 13.2 Å². The molecule has 4 fully saturated rings. The average molecular weight is 402 g/mol. The zero-order valence-corrected chi connectivity index (χ0v) is 16.4. The normalized spacial score (nSPS) is 33.3. The van der Waals surface area contributed by atoms with Crippen molar-refractivity contribution in [2.24, 2.45) is 30.2 Å². The van der Waals surface area contributed by atoms with Gasteiger partial charge in [-0.3, -0.25) is 4.79 Å². The van der Waals surface area contributed by atoms with Crippen molar-refractivity contribution in [3.8, 4) is 0 Å². The zero-order valence-electron chi connectivity index (χ0n) is 15.6. The molecule has 5 rings (SSSR count). The van der Waals surface area contributed by atoms with Crippen LogP contribution in [-0.4, -0.2) is 32.5 Å². The maximum Gasteiger partial charge on any atom is 0.451 e. The van der Waals surface area contributed by atoms with E-state index in [4.69, 9.17) is 0 Å². The van der Waals surface area contributed by atoms with Gasteiger partial charge >= 0.3 is 6.18 Å². The largest absolute Gasteiger partial charge is 0.451 e. The van der Waals surface area contributed by atoms with Gasteiger partial charge in [0.15, 0.2) is 5.16 Å². The van der Waals surface area contributed by atoms with Gasteiger partial charge in [0.05, 0.1) is 5.75 Å². The van der Waals surface area contributed by atoms with E-state index in [2.05, 4.69) is 22.4 Å². The van der Waals surface area contributed by atoms with E-state index in [1.807, 2.05) is 0 Å². The molecule has 4 aliphatic rings. The molecule has 4 aliphatic carbocycles. The quantitative estimate of drug-likeness (QED) is 0.764. The summed E-state index contributed by atoms with van der Waals surface area (Å²) >= 11 is 0.988. The van der Waals surface area contributed by atoms with Gasteiger partial charge in [-0.15, -0.1) is 10.2 Å². The van der Waals surface area contributed by atoms with Crippen molar-refractivity contribution in [2.45, 2.75) is 62.8 Å². The minimum atomic E-state index is -4.55. The molecule has 150 valence electrons. The first kappa shape index (κ1) is 19.1. The van der Waals surface area contributed by atoms with Crippen molar-refractivity contribution >= 4 is 17.7 Å². The number of rotatable bonds is 5. The molecular formula is C18H25F3N4OS. The van der Waals surface area contributed by atoms with Crippen LogP contribution in [0.5, 0.6) is 0 Å². The molecule has 1 N–H and O–H groups in total. The van der Waals surface area contributed by atoms with Crippen LogP contribution in [0.15, 0.2) is 5.16 Å². The molecule has 4 saturated carbocycles. The molecule has 1 aromatic rings. The maximum atomic E-state index is 12.8. The number of alkyl halides is 3. The van der Waals surface area contributed by atoms with Gasteiger partial charge in [0.1, 0.15) is 0 Å². The van der Waals surface area contributed by atoms with Crippen molar-refractivity contribution in [1.29, 1.82) is 0 Å². The fourth-order valence-electron chi connectivity index (χ4n) is 5.96. The lowest BCUT2D eigenvalue weighted by atomic mass is 9.48. The highest BCUT2D eigenvalue weighted by atomic mass is 32.2. The number of nitrogens with zero attached hydrogens (tertiary/aromatic N) is 3. The molecule has 1 unspecified atom stereocenters. The average Bonchev–Trinajstić information content (AvgIpc) is 2.92. The highest BCUT2D eigenvalue weighted by molar-refractivity contribution is 7.99. The molecule has 0 saturated heterocycles. The molecule has 9 heteroatoms. The number of carbonyl (C=O) groups is 1. The van der Waals surface area contributed by atoms with Crippen LogP contribution in [0.3, 0.4) is 0 Å². The van der Waals surface area contributed by atoms with E-state index in [9.17, 15) is 18.0 Å². The van der Waals surface area contributed by atoms with Crippen molar-refractivity contribution in [2.75, 3.05) is 5.75 Å². The lowest BCUT2D eigenvalue weighted by molar-refractivity contribution is -0.147. The van der Waals surface area contributed by atoms with Crippen LogP contribution in [-0.2, 0) is 18.0 Å². The second-order valence-electron chi connectivity index (χ2n) is 8.72. The van der Waals surface area contributed by atoms with Gasteiger partial charge in [0.2, 0.25) is 11.7 Å². The Labute approximate surface area is 160 Å². The summed E-state index contributed by atoms with van der Waals surface area (Å²) in [5.74, 6) is 1.27. The Kier molecular flexibility index (Phi) is 4.71. The second kappa shape index (κ2) is 6.67. The van der Waals surface area contributed by atoms with Crippen LogP contribution in [0.2, 0.25) is 0 Å². The molecule has 0 radical (unpaired) electrons. The summed E-state index contributed by atoms with van der Waals surface area (Å²) in [7, 11) is 1.27.